The van der Waals surface area contributed by atoms with Gasteiger partial charge in [0.25, 0.3) is 0 Å². The van der Waals surface area contributed by atoms with Crippen molar-refractivity contribution in [3.63, 3.8) is 0 Å². The average molecular weight is 474 g/mol. The van der Waals surface area contributed by atoms with Crippen molar-refractivity contribution in [2.75, 3.05) is 39.6 Å². The van der Waals surface area contributed by atoms with Crippen molar-refractivity contribution in [2.45, 2.75) is 12.8 Å². The Morgan fingerprint density at radius 2 is 0.882 bits per heavy atom. The second kappa shape index (κ2) is 15.9. The molecule has 0 saturated heterocycles. The molecule has 0 radical (unpaired) electrons. The summed E-state index contributed by atoms with van der Waals surface area (Å²) in [7, 11) is 0. The molecule has 2 aromatic rings. The first kappa shape index (κ1) is 26.5. The number of benzene rings is 2. The normalized spacial score (nSPS) is 10.2. The van der Waals surface area contributed by atoms with E-state index in [1.165, 1.54) is 0 Å². The van der Waals surface area contributed by atoms with Crippen LogP contribution in [0, 0.1) is 0 Å². The summed E-state index contributed by atoms with van der Waals surface area (Å²) in [5, 5.41) is 0. The van der Waals surface area contributed by atoms with Crippen LogP contribution >= 0.6 is 0 Å². The van der Waals surface area contributed by atoms with E-state index in [4.69, 9.17) is 28.4 Å². The Morgan fingerprint density at radius 1 is 0.500 bits per heavy atom. The molecule has 0 unspecified atom stereocenters. The van der Waals surface area contributed by atoms with Crippen LogP contribution in [0.5, 0.6) is 11.5 Å². The predicted molar refractivity (Wildman–Crippen MR) is 117 cm³/mol. The van der Waals surface area contributed by atoms with Crippen molar-refractivity contribution in [2.24, 2.45) is 0 Å². The van der Waals surface area contributed by atoms with E-state index < -0.39 is 23.9 Å². The Hall–Kier alpha value is -3.76. The molecule has 10 nitrogen and oxygen atoms in total. The summed E-state index contributed by atoms with van der Waals surface area (Å²) in [5.74, 6) is -1.53. The van der Waals surface area contributed by atoms with E-state index in [9.17, 15) is 19.2 Å². The number of esters is 4. The molecular formula is C24H26O10. The standard InChI is InChI=1S/C24H26O10/c25-21(31-15-13-29-17-23(27)33-19-7-3-1-4-8-19)11-12-22(26)32-16-14-30-18-24(28)34-20-9-5-2-6-10-20/h1-10H,11-18H2. The van der Waals surface area contributed by atoms with Crippen molar-refractivity contribution >= 4 is 23.9 Å². The lowest BCUT2D eigenvalue weighted by Crippen LogP contribution is -2.19. The fourth-order valence-corrected chi connectivity index (χ4v) is 2.39. The molecule has 0 amide bonds. The molecule has 2 rings (SSSR count). The SMILES string of the molecule is O=C(CCC(=O)OCCOCC(=O)Oc1ccccc1)OCCOCC(=O)Oc1ccccc1. The summed E-state index contributed by atoms with van der Waals surface area (Å²) < 4.78 is 30.1. The van der Waals surface area contributed by atoms with Crippen LogP contribution in [-0.2, 0) is 38.1 Å². The zero-order valence-electron chi connectivity index (χ0n) is 18.5. The van der Waals surface area contributed by atoms with E-state index in [1.807, 2.05) is 0 Å². The summed E-state index contributed by atoms with van der Waals surface area (Å²) in [6.45, 7) is -0.706. The second-order valence-corrected chi connectivity index (χ2v) is 6.62. The van der Waals surface area contributed by atoms with Crippen LogP contribution in [0.25, 0.3) is 0 Å². The maximum absolute atomic E-state index is 11.6. The minimum atomic E-state index is -0.604. The molecule has 0 heterocycles. The lowest BCUT2D eigenvalue weighted by Gasteiger charge is -2.08. The largest absolute Gasteiger partial charge is 0.463 e. The number of ether oxygens (including phenoxy) is 6. The number of hydrogen-bond acceptors (Lipinski definition) is 10. The van der Waals surface area contributed by atoms with Gasteiger partial charge >= 0.3 is 23.9 Å². The number of para-hydroxylation sites is 2. The van der Waals surface area contributed by atoms with Crippen molar-refractivity contribution < 1.29 is 47.6 Å². The molecule has 0 bridgehead atoms. The summed E-state index contributed by atoms with van der Waals surface area (Å²) in [6.07, 6.45) is -0.335. The highest BCUT2D eigenvalue weighted by Gasteiger charge is 2.10. The summed E-state index contributed by atoms with van der Waals surface area (Å²) in [6, 6.07) is 17.1. The number of rotatable bonds is 15. The minimum absolute atomic E-state index is 0.00409. The van der Waals surface area contributed by atoms with E-state index in [2.05, 4.69) is 0 Å². The van der Waals surface area contributed by atoms with Gasteiger partial charge in [-0.05, 0) is 24.3 Å². The van der Waals surface area contributed by atoms with Gasteiger partial charge in [-0.3, -0.25) is 9.59 Å². The van der Waals surface area contributed by atoms with Crippen LogP contribution in [0.3, 0.4) is 0 Å². The zero-order chi connectivity index (χ0) is 24.4. The van der Waals surface area contributed by atoms with Crippen molar-refractivity contribution in [1.29, 1.82) is 0 Å². The molecule has 34 heavy (non-hydrogen) atoms. The van der Waals surface area contributed by atoms with Crippen molar-refractivity contribution in [1.82, 2.24) is 0 Å². The molecule has 0 aliphatic carbocycles. The third-order valence-corrected chi connectivity index (χ3v) is 3.90. The predicted octanol–water partition coefficient (Wildman–Crippen LogP) is 2.10. The molecule has 0 aromatic heterocycles. The Labute approximate surface area is 196 Å². The monoisotopic (exact) mass is 474 g/mol. The van der Waals surface area contributed by atoms with Gasteiger partial charge in [-0.15, -0.1) is 0 Å². The van der Waals surface area contributed by atoms with Gasteiger partial charge in [0.1, 0.15) is 37.9 Å². The van der Waals surface area contributed by atoms with Crippen LogP contribution in [-0.4, -0.2) is 63.5 Å². The van der Waals surface area contributed by atoms with Gasteiger partial charge < -0.3 is 28.4 Å². The third kappa shape index (κ3) is 12.3. The Bertz CT molecular complexity index is 823. The molecule has 0 fully saturated rings. The Morgan fingerprint density at radius 3 is 1.26 bits per heavy atom. The first-order chi connectivity index (χ1) is 16.5. The van der Waals surface area contributed by atoms with E-state index in [-0.39, 0.29) is 52.5 Å². The van der Waals surface area contributed by atoms with Gasteiger partial charge in [0.05, 0.1) is 26.1 Å². The maximum Gasteiger partial charge on any atom is 0.337 e. The number of carbonyl (C=O) groups is 4. The molecule has 0 spiro atoms. The molecular weight excluding hydrogens is 448 g/mol. The summed E-state index contributed by atoms with van der Waals surface area (Å²) in [5.41, 5.74) is 0. The maximum atomic E-state index is 11.6. The molecule has 0 N–H and O–H groups in total. The van der Waals surface area contributed by atoms with Gasteiger partial charge in [0, 0.05) is 0 Å². The molecule has 0 saturated carbocycles. The van der Waals surface area contributed by atoms with E-state index in [1.54, 1.807) is 60.7 Å². The number of hydrogen-bond donors (Lipinski definition) is 0. The number of carbonyl (C=O) groups excluding carboxylic acids is 4. The molecule has 0 atom stereocenters. The van der Waals surface area contributed by atoms with Gasteiger partial charge in [0.15, 0.2) is 0 Å². The highest BCUT2D eigenvalue weighted by Crippen LogP contribution is 2.09. The Kier molecular flexibility index (Phi) is 12.4. The molecule has 182 valence electrons. The zero-order valence-corrected chi connectivity index (χ0v) is 18.5. The van der Waals surface area contributed by atoms with Crippen LogP contribution in [0.15, 0.2) is 60.7 Å². The highest BCUT2D eigenvalue weighted by molar-refractivity contribution is 5.77. The van der Waals surface area contributed by atoms with E-state index in [0.717, 1.165) is 0 Å². The first-order valence-electron chi connectivity index (χ1n) is 10.5. The fraction of sp³-hybridized carbons (Fsp3) is 0.333. The molecule has 10 heteroatoms. The van der Waals surface area contributed by atoms with Crippen molar-refractivity contribution in [3.8, 4) is 11.5 Å². The lowest BCUT2D eigenvalue weighted by molar-refractivity contribution is -0.153. The van der Waals surface area contributed by atoms with Crippen LogP contribution in [0.4, 0.5) is 0 Å². The van der Waals surface area contributed by atoms with Crippen LogP contribution in [0.1, 0.15) is 12.8 Å². The van der Waals surface area contributed by atoms with Gasteiger partial charge in [-0.1, -0.05) is 36.4 Å². The molecule has 0 aliphatic rings. The topological polar surface area (TPSA) is 124 Å². The highest BCUT2D eigenvalue weighted by atomic mass is 16.6. The van der Waals surface area contributed by atoms with Crippen LogP contribution < -0.4 is 9.47 Å². The third-order valence-electron chi connectivity index (χ3n) is 3.90. The van der Waals surface area contributed by atoms with E-state index >= 15 is 0 Å². The summed E-state index contributed by atoms with van der Waals surface area (Å²) in [4.78, 5) is 46.4. The fourth-order valence-electron chi connectivity index (χ4n) is 2.39. The van der Waals surface area contributed by atoms with Crippen LogP contribution in [0.2, 0.25) is 0 Å². The minimum Gasteiger partial charge on any atom is -0.463 e. The second-order valence-electron chi connectivity index (χ2n) is 6.62. The summed E-state index contributed by atoms with van der Waals surface area (Å²) >= 11 is 0. The molecule has 0 aliphatic heterocycles. The Balaban J connectivity index is 1.41. The van der Waals surface area contributed by atoms with Gasteiger partial charge in [-0.2, -0.15) is 0 Å². The van der Waals surface area contributed by atoms with Gasteiger partial charge in [-0.25, -0.2) is 9.59 Å². The average Bonchev–Trinajstić information content (AvgIpc) is 2.83. The first-order valence-corrected chi connectivity index (χ1v) is 10.5. The quantitative estimate of drug-likeness (QED) is 0.215. The van der Waals surface area contributed by atoms with Gasteiger partial charge in [0.2, 0.25) is 0 Å². The smallest absolute Gasteiger partial charge is 0.337 e. The van der Waals surface area contributed by atoms with E-state index in [0.29, 0.717) is 11.5 Å². The molecule has 2 aromatic carbocycles. The lowest BCUT2D eigenvalue weighted by atomic mass is 10.3. The van der Waals surface area contributed by atoms with Crippen molar-refractivity contribution in [3.05, 3.63) is 60.7 Å².